The summed E-state index contributed by atoms with van der Waals surface area (Å²) in [5.74, 6) is -1.56. The Labute approximate surface area is 124 Å². The zero-order valence-corrected chi connectivity index (χ0v) is 12.3. The molecular weight excluding hydrogens is 340 g/mol. The minimum absolute atomic E-state index is 0. The number of halogens is 3. The smallest absolute Gasteiger partial charge is 0.237 e. The van der Waals surface area contributed by atoms with Gasteiger partial charge >= 0.3 is 0 Å². The van der Waals surface area contributed by atoms with Crippen LogP contribution in [0.3, 0.4) is 0 Å². The van der Waals surface area contributed by atoms with Crippen LogP contribution < -0.4 is 16.8 Å². The molecule has 0 aromatic heterocycles. The number of amides is 2. The highest BCUT2D eigenvalue weighted by atomic mass is 79.9. The number of rotatable bonds is 5. The number of carbonyl (C=O) groups excluding carboxylic acids is 2. The average Bonchev–Trinajstić information content (AvgIpc) is 2.29. The average molecular weight is 355 g/mol. The van der Waals surface area contributed by atoms with E-state index in [0.29, 0.717) is 10.0 Å². The Hall–Kier alpha value is -1.18. The summed E-state index contributed by atoms with van der Waals surface area (Å²) in [7, 11) is 0. The molecule has 0 bridgehead atoms. The number of carbonyl (C=O) groups is 2. The molecule has 0 saturated carbocycles. The van der Waals surface area contributed by atoms with Gasteiger partial charge in [0.05, 0.1) is 12.5 Å². The summed E-state index contributed by atoms with van der Waals surface area (Å²) < 4.78 is 13.7. The van der Waals surface area contributed by atoms with E-state index in [2.05, 4.69) is 21.2 Å². The van der Waals surface area contributed by atoms with Crippen molar-refractivity contribution in [3.63, 3.8) is 0 Å². The Kier molecular flexibility index (Phi) is 7.58. The van der Waals surface area contributed by atoms with E-state index < -0.39 is 23.7 Å². The third-order valence-corrected chi connectivity index (χ3v) is 2.99. The van der Waals surface area contributed by atoms with Crippen LogP contribution >= 0.6 is 28.3 Å². The zero-order chi connectivity index (χ0) is 13.7. The van der Waals surface area contributed by atoms with Crippen LogP contribution in [-0.4, -0.2) is 17.9 Å². The van der Waals surface area contributed by atoms with Crippen molar-refractivity contribution in [3.05, 3.63) is 34.1 Å². The van der Waals surface area contributed by atoms with Crippen molar-refractivity contribution in [2.75, 3.05) is 0 Å². The summed E-state index contributed by atoms with van der Waals surface area (Å²) in [5.41, 5.74) is 11.0. The quantitative estimate of drug-likeness (QED) is 0.730. The van der Waals surface area contributed by atoms with Crippen LogP contribution in [-0.2, 0) is 16.1 Å². The van der Waals surface area contributed by atoms with Crippen molar-refractivity contribution in [1.82, 2.24) is 5.32 Å². The normalized spacial score (nSPS) is 11.3. The molecule has 1 aromatic carbocycles. The Morgan fingerprint density at radius 2 is 2.05 bits per heavy atom. The number of benzene rings is 1. The molecule has 8 heteroatoms. The Morgan fingerprint density at radius 1 is 1.42 bits per heavy atom. The Bertz CT molecular complexity index is 473. The molecule has 0 radical (unpaired) electrons. The third-order valence-electron chi connectivity index (χ3n) is 2.22. The van der Waals surface area contributed by atoms with Gasteiger partial charge in [-0.15, -0.1) is 12.4 Å². The lowest BCUT2D eigenvalue weighted by Gasteiger charge is -2.11. The number of primary amides is 1. The van der Waals surface area contributed by atoms with Gasteiger partial charge in [0.2, 0.25) is 11.8 Å². The van der Waals surface area contributed by atoms with Gasteiger partial charge in [-0.05, 0) is 23.8 Å². The summed E-state index contributed by atoms with van der Waals surface area (Å²) in [6.45, 7) is 0.115. The van der Waals surface area contributed by atoms with E-state index in [1.807, 2.05) is 0 Å². The minimum atomic E-state index is -0.991. The molecule has 2 amide bonds. The van der Waals surface area contributed by atoms with Gasteiger partial charge in [-0.25, -0.2) is 4.39 Å². The summed E-state index contributed by atoms with van der Waals surface area (Å²) >= 11 is 3.23. The lowest BCUT2D eigenvalue weighted by molar-refractivity contribution is -0.126. The first-order valence-electron chi connectivity index (χ1n) is 5.15. The van der Waals surface area contributed by atoms with Crippen LogP contribution in [0.2, 0.25) is 0 Å². The van der Waals surface area contributed by atoms with Gasteiger partial charge < -0.3 is 16.8 Å². The van der Waals surface area contributed by atoms with Crippen molar-refractivity contribution in [2.24, 2.45) is 11.5 Å². The molecule has 0 aliphatic rings. The summed E-state index contributed by atoms with van der Waals surface area (Å²) in [4.78, 5) is 22.1. The molecule has 0 aliphatic heterocycles. The molecule has 0 fully saturated rings. The molecule has 19 heavy (non-hydrogen) atoms. The van der Waals surface area contributed by atoms with Crippen LogP contribution in [0.4, 0.5) is 4.39 Å². The lowest BCUT2D eigenvalue weighted by Crippen LogP contribution is -2.42. The first-order chi connectivity index (χ1) is 8.40. The topological polar surface area (TPSA) is 98.2 Å². The molecule has 0 aliphatic carbocycles. The van der Waals surface area contributed by atoms with E-state index in [9.17, 15) is 14.0 Å². The van der Waals surface area contributed by atoms with Crippen LogP contribution in [0, 0.1) is 5.82 Å². The molecule has 0 spiro atoms. The van der Waals surface area contributed by atoms with E-state index in [4.69, 9.17) is 11.5 Å². The number of hydrogen-bond donors (Lipinski definition) is 3. The molecular formula is C11H14BrClFN3O2. The number of nitrogens with two attached hydrogens (primary N) is 2. The maximum atomic E-state index is 13.0. The van der Waals surface area contributed by atoms with Gasteiger partial charge in [-0.3, -0.25) is 9.59 Å². The second kappa shape index (κ2) is 8.08. The third kappa shape index (κ3) is 6.00. The van der Waals surface area contributed by atoms with E-state index in [1.165, 1.54) is 12.1 Å². The highest BCUT2D eigenvalue weighted by molar-refractivity contribution is 9.10. The molecule has 1 rings (SSSR count). The minimum Gasteiger partial charge on any atom is -0.370 e. The van der Waals surface area contributed by atoms with E-state index in [0.717, 1.165) is 0 Å². The molecule has 0 saturated heterocycles. The fourth-order valence-corrected chi connectivity index (χ4v) is 1.69. The Balaban J connectivity index is 0.00000324. The van der Waals surface area contributed by atoms with Crippen molar-refractivity contribution in [1.29, 1.82) is 0 Å². The van der Waals surface area contributed by atoms with E-state index >= 15 is 0 Å². The van der Waals surface area contributed by atoms with Crippen molar-refractivity contribution < 1.29 is 14.0 Å². The zero-order valence-electron chi connectivity index (χ0n) is 9.86. The first-order valence-corrected chi connectivity index (χ1v) is 5.95. The van der Waals surface area contributed by atoms with Gasteiger partial charge in [-0.1, -0.05) is 15.9 Å². The standard InChI is InChI=1S/C11H13BrFN3O2.ClH/c12-8-2-1-7(13)3-6(8)5-16-11(18)9(14)4-10(15)17;/h1-3,9H,4-5,14H2,(H2,15,17)(H,16,18);1H. The second-order valence-corrected chi connectivity index (χ2v) is 4.58. The predicted octanol–water partition coefficient (Wildman–Crippen LogP) is 0.829. The molecule has 1 aromatic rings. The van der Waals surface area contributed by atoms with E-state index in [-0.39, 0.29) is 25.4 Å². The second-order valence-electron chi connectivity index (χ2n) is 3.73. The summed E-state index contributed by atoms with van der Waals surface area (Å²) in [6, 6.07) is 3.15. The van der Waals surface area contributed by atoms with Gasteiger partial charge in [-0.2, -0.15) is 0 Å². The van der Waals surface area contributed by atoms with Gasteiger partial charge in [0.1, 0.15) is 5.82 Å². The van der Waals surface area contributed by atoms with Crippen molar-refractivity contribution >= 4 is 40.2 Å². The van der Waals surface area contributed by atoms with Gasteiger partial charge in [0, 0.05) is 11.0 Å². The molecule has 5 N–H and O–H groups in total. The molecule has 0 heterocycles. The largest absolute Gasteiger partial charge is 0.370 e. The van der Waals surface area contributed by atoms with Crippen LogP contribution in [0.15, 0.2) is 22.7 Å². The first kappa shape index (κ1) is 17.8. The monoisotopic (exact) mass is 353 g/mol. The lowest BCUT2D eigenvalue weighted by atomic mass is 10.2. The maximum absolute atomic E-state index is 13.0. The summed E-state index contributed by atoms with van der Waals surface area (Å²) in [6.07, 6.45) is -0.226. The van der Waals surface area contributed by atoms with Crippen LogP contribution in [0.1, 0.15) is 12.0 Å². The molecule has 1 atom stereocenters. The Morgan fingerprint density at radius 3 is 2.63 bits per heavy atom. The molecule has 5 nitrogen and oxygen atoms in total. The maximum Gasteiger partial charge on any atom is 0.237 e. The predicted molar refractivity (Wildman–Crippen MR) is 75.0 cm³/mol. The van der Waals surface area contributed by atoms with Crippen LogP contribution in [0.5, 0.6) is 0 Å². The highest BCUT2D eigenvalue weighted by Gasteiger charge is 2.15. The van der Waals surface area contributed by atoms with Gasteiger partial charge in [0.15, 0.2) is 0 Å². The van der Waals surface area contributed by atoms with Crippen LogP contribution in [0.25, 0.3) is 0 Å². The number of nitrogens with one attached hydrogen (secondary N) is 1. The highest BCUT2D eigenvalue weighted by Crippen LogP contribution is 2.17. The number of hydrogen-bond acceptors (Lipinski definition) is 3. The van der Waals surface area contributed by atoms with E-state index in [1.54, 1.807) is 6.07 Å². The fourth-order valence-electron chi connectivity index (χ4n) is 1.30. The molecule has 1 unspecified atom stereocenters. The van der Waals surface area contributed by atoms with Gasteiger partial charge in [0.25, 0.3) is 0 Å². The molecule has 106 valence electrons. The SMILES string of the molecule is Cl.NC(=O)CC(N)C(=O)NCc1cc(F)ccc1Br. The fraction of sp³-hybridized carbons (Fsp3) is 0.273. The van der Waals surface area contributed by atoms with Crippen molar-refractivity contribution in [2.45, 2.75) is 19.0 Å². The van der Waals surface area contributed by atoms with Crippen molar-refractivity contribution in [3.8, 4) is 0 Å². The summed E-state index contributed by atoms with van der Waals surface area (Å²) in [5, 5.41) is 2.50.